The van der Waals surface area contributed by atoms with E-state index >= 15 is 0 Å². The van der Waals surface area contributed by atoms with Gasteiger partial charge in [0, 0.05) is 20.2 Å². The lowest BCUT2D eigenvalue weighted by Crippen LogP contribution is -2.25. The van der Waals surface area contributed by atoms with Crippen LogP contribution in [0.5, 0.6) is 5.75 Å². The monoisotopic (exact) mass is 301 g/mol. The second-order valence-electron chi connectivity index (χ2n) is 4.22. The third kappa shape index (κ3) is 5.36. The number of ether oxygens (including phenoxy) is 3. The maximum atomic E-state index is 11.3. The van der Waals surface area contributed by atoms with Crippen LogP contribution in [0.2, 0.25) is 5.02 Å². The minimum Gasteiger partial charge on any atom is -0.477 e. The Balaban J connectivity index is 2.57. The summed E-state index contributed by atoms with van der Waals surface area (Å²) in [7, 11) is 2.98. The summed E-state index contributed by atoms with van der Waals surface area (Å²) in [6.45, 7) is 3.73. The molecule has 0 radical (unpaired) electrons. The summed E-state index contributed by atoms with van der Waals surface area (Å²) in [6.07, 6.45) is -0.692. The van der Waals surface area contributed by atoms with Crippen LogP contribution in [0.1, 0.15) is 12.5 Å². The first kappa shape index (κ1) is 16.8. The quantitative estimate of drug-likeness (QED) is 0.588. The van der Waals surface area contributed by atoms with Crippen LogP contribution < -0.4 is 10.1 Å². The Morgan fingerprint density at radius 1 is 1.40 bits per heavy atom. The summed E-state index contributed by atoms with van der Waals surface area (Å²) in [6, 6.07) is 5.45. The lowest BCUT2D eigenvalue weighted by molar-refractivity contribution is -0.147. The standard InChI is InChI=1S/C14H20ClNO4/c1-10(14(17)19-3)20-13-5-4-11(8-12(13)15)9-16-6-7-18-2/h4-5,8,10,16H,6-7,9H2,1-3H3. The van der Waals surface area contributed by atoms with Gasteiger partial charge in [-0.25, -0.2) is 4.79 Å². The van der Waals surface area contributed by atoms with Gasteiger partial charge in [0.25, 0.3) is 0 Å². The fraction of sp³-hybridized carbons (Fsp3) is 0.500. The molecule has 0 spiro atoms. The summed E-state index contributed by atoms with van der Waals surface area (Å²) in [5.74, 6) is 0.0246. The first-order chi connectivity index (χ1) is 9.58. The summed E-state index contributed by atoms with van der Waals surface area (Å²) in [5, 5.41) is 3.68. The van der Waals surface area contributed by atoms with Crippen molar-refractivity contribution in [2.75, 3.05) is 27.4 Å². The highest BCUT2D eigenvalue weighted by atomic mass is 35.5. The van der Waals surface area contributed by atoms with E-state index in [9.17, 15) is 4.79 Å². The molecule has 0 aliphatic carbocycles. The molecule has 0 bridgehead atoms. The Hall–Kier alpha value is -1.30. The van der Waals surface area contributed by atoms with Crippen LogP contribution in [-0.2, 0) is 20.8 Å². The molecule has 112 valence electrons. The van der Waals surface area contributed by atoms with Gasteiger partial charge in [0.1, 0.15) is 5.75 Å². The van der Waals surface area contributed by atoms with Crippen molar-refractivity contribution >= 4 is 17.6 Å². The maximum absolute atomic E-state index is 11.3. The molecule has 0 aliphatic heterocycles. The van der Waals surface area contributed by atoms with Gasteiger partial charge < -0.3 is 19.5 Å². The Morgan fingerprint density at radius 2 is 2.15 bits per heavy atom. The highest BCUT2D eigenvalue weighted by Crippen LogP contribution is 2.26. The molecule has 0 saturated carbocycles. The van der Waals surface area contributed by atoms with Gasteiger partial charge in [-0.3, -0.25) is 0 Å². The number of halogens is 1. The number of carbonyl (C=O) groups excluding carboxylic acids is 1. The fourth-order valence-electron chi connectivity index (χ4n) is 1.56. The number of nitrogens with one attached hydrogen (secondary N) is 1. The molecule has 0 fully saturated rings. The van der Waals surface area contributed by atoms with Crippen molar-refractivity contribution in [3.8, 4) is 5.75 Å². The van der Waals surface area contributed by atoms with Crippen molar-refractivity contribution in [1.82, 2.24) is 5.32 Å². The molecule has 0 saturated heterocycles. The molecule has 1 unspecified atom stereocenters. The first-order valence-corrected chi connectivity index (χ1v) is 6.68. The zero-order chi connectivity index (χ0) is 15.0. The molecule has 0 aromatic heterocycles. The highest BCUT2D eigenvalue weighted by Gasteiger charge is 2.16. The van der Waals surface area contributed by atoms with E-state index in [1.165, 1.54) is 7.11 Å². The van der Waals surface area contributed by atoms with Crippen LogP contribution in [0, 0.1) is 0 Å². The van der Waals surface area contributed by atoms with Gasteiger partial charge in [0.15, 0.2) is 6.10 Å². The summed E-state index contributed by atoms with van der Waals surface area (Å²) in [5.41, 5.74) is 1.03. The lowest BCUT2D eigenvalue weighted by Gasteiger charge is -2.14. The minimum atomic E-state index is -0.692. The smallest absolute Gasteiger partial charge is 0.346 e. The molecule has 1 aromatic carbocycles. The fourth-order valence-corrected chi connectivity index (χ4v) is 1.81. The van der Waals surface area contributed by atoms with Gasteiger partial charge in [-0.15, -0.1) is 0 Å². The zero-order valence-electron chi connectivity index (χ0n) is 11.9. The van der Waals surface area contributed by atoms with E-state index in [-0.39, 0.29) is 0 Å². The predicted molar refractivity (Wildman–Crippen MR) is 77.1 cm³/mol. The van der Waals surface area contributed by atoms with Crippen molar-refractivity contribution in [1.29, 1.82) is 0 Å². The van der Waals surface area contributed by atoms with Crippen LogP contribution in [-0.4, -0.2) is 39.4 Å². The summed E-state index contributed by atoms with van der Waals surface area (Å²) in [4.78, 5) is 11.3. The van der Waals surface area contributed by atoms with Crippen LogP contribution in [0.4, 0.5) is 0 Å². The molecule has 0 heterocycles. The van der Waals surface area contributed by atoms with Gasteiger partial charge in [0.2, 0.25) is 0 Å². The van der Waals surface area contributed by atoms with E-state index in [0.717, 1.165) is 12.1 Å². The number of benzene rings is 1. The molecular formula is C14H20ClNO4. The normalized spacial score (nSPS) is 12.0. The Labute approximate surface area is 124 Å². The topological polar surface area (TPSA) is 56.8 Å². The Kier molecular flexibility index (Phi) is 7.36. The van der Waals surface area contributed by atoms with Crippen LogP contribution in [0.15, 0.2) is 18.2 Å². The average molecular weight is 302 g/mol. The molecule has 1 atom stereocenters. The molecule has 0 amide bonds. The molecule has 6 heteroatoms. The van der Waals surface area contributed by atoms with Crippen molar-refractivity contribution < 1.29 is 19.0 Å². The molecular weight excluding hydrogens is 282 g/mol. The van der Waals surface area contributed by atoms with Gasteiger partial charge in [-0.1, -0.05) is 17.7 Å². The lowest BCUT2D eigenvalue weighted by atomic mass is 10.2. The van der Waals surface area contributed by atoms with E-state index in [1.54, 1.807) is 26.2 Å². The Bertz CT molecular complexity index is 439. The summed E-state index contributed by atoms with van der Waals surface area (Å²) >= 11 is 6.13. The van der Waals surface area contributed by atoms with E-state index in [1.807, 2.05) is 6.07 Å². The molecule has 1 N–H and O–H groups in total. The van der Waals surface area contributed by atoms with Gasteiger partial charge in [-0.2, -0.15) is 0 Å². The molecule has 1 aromatic rings. The number of hydrogen-bond acceptors (Lipinski definition) is 5. The number of esters is 1. The average Bonchev–Trinajstić information content (AvgIpc) is 2.45. The second-order valence-corrected chi connectivity index (χ2v) is 4.62. The van der Waals surface area contributed by atoms with Crippen LogP contribution in [0.3, 0.4) is 0 Å². The first-order valence-electron chi connectivity index (χ1n) is 6.31. The second kappa shape index (κ2) is 8.79. The molecule has 1 rings (SSSR count). The predicted octanol–water partition coefficient (Wildman–Crippen LogP) is 2.02. The van der Waals surface area contributed by atoms with Crippen LogP contribution >= 0.6 is 11.6 Å². The number of hydrogen-bond donors (Lipinski definition) is 1. The number of methoxy groups -OCH3 is 2. The maximum Gasteiger partial charge on any atom is 0.346 e. The third-order valence-electron chi connectivity index (χ3n) is 2.65. The van der Waals surface area contributed by atoms with Crippen molar-refractivity contribution in [2.24, 2.45) is 0 Å². The van der Waals surface area contributed by atoms with Crippen molar-refractivity contribution in [2.45, 2.75) is 19.6 Å². The van der Waals surface area contributed by atoms with E-state index in [0.29, 0.717) is 23.9 Å². The largest absolute Gasteiger partial charge is 0.477 e. The summed E-state index contributed by atoms with van der Waals surface area (Å²) < 4.78 is 15.0. The highest BCUT2D eigenvalue weighted by molar-refractivity contribution is 6.32. The van der Waals surface area contributed by atoms with Crippen molar-refractivity contribution in [3.05, 3.63) is 28.8 Å². The van der Waals surface area contributed by atoms with Gasteiger partial charge in [-0.05, 0) is 24.6 Å². The molecule has 0 aliphatic rings. The van der Waals surface area contributed by atoms with Gasteiger partial charge >= 0.3 is 5.97 Å². The zero-order valence-corrected chi connectivity index (χ0v) is 12.7. The number of carbonyl (C=O) groups is 1. The molecule has 5 nitrogen and oxygen atoms in total. The number of rotatable bonds is 8. The van der Waals surface area contributed by atoms with E-state index in [4.69, 9.17) is 21.1 Å². The third-order valence-corrected chi connectivity index (χ3v) is 2.94. The minimum absolute atomic E-state index is 0.439. The molecule has 20 heavy (non-hydrogen) atoms. The Morgan fingerprint density at radius 3 is 2.75 bits per heavy atom. The SMILES string of the molecule is COCCNCc1ccc(OC(C)C(=O)OC)c(Cl)c1. The van der Waals surface area contributed by atoms with E-state index in [2.05, 4.69) is 10.1 Å². The van der Waals surface area contributed by atoms with Crippen molar-refractivity contribution in [3.63, 3.8) is 0 Å². The van der Waals surface area contributed by atoms with Gasteiger partial charge in [0.05, 0.1) is 18.7 Å². The van der Waals surface area contributed by atoms with E-state index < -0.39 is 12.1 Å². The van der Waals surface area contributed by atoms with Crippen LogP contribution in [0.25, 0.3) is 0 Å².